The third-order valence-electron chi connectivity index (χ3n) is 6.76. The minimum Gasteiger partial charge on any atom is -0.484 e. The number of ether oxygens (including phenoxy) is 1. The number of aromatic nitrogens is 2. The van der Waals surface area contributed by atoms with Gasteiger partial charge in [-0.3, -0.25) is 9.69 Å². The summed E-state index contributed by atoms with van der Waals surface area (Å²) in [6.07, 6.45) is 0.891. The van der Waals surface area contributed by atoms with Crippen molar-refractivity contribution in [2.24, 2.45) is 7.05 Å². The Morgan fingerprint density at radius 3 is 2.56 bits per heavy atom. The third kappa shape index (κ3) is 5.69. The van der Waals surface area contributed by atoms with Gasteiger partial charge in [-0.2, -0.15) is 0 Å². The van der Waals surface area contributed by atoms with Gasteiger partial charge >= 0.3 is 0 Å². The van der Waals surface area contributed by atoms with E-state index >= 15 is 0 Å². The maximum Gasteiger partial charge on any atom is 0.262 e. The number of anilines is 2. The highest BCUT2D eigenvalue weighted by Gasteiger charge is 2.18. The molecule has 1 aliphatic rings. The minimum absolute atomic E-state index is 0.0352. The van der Waals surface area contributed by atoms with Crippen molar-refractivity contribution in [1.82, 2.24) is 14.5 Å². The Balaban J connectivity index is 1.15. The summed E-state index contributed by atoms with van der Waals surface area (Å²) in [5, 5.41) is 2.92. The summed E-state index contributed by atoms with van der Waals surface area (Å²) in [4.78, 5) is 22.2. The molecule has 1 amide bonds. The molecule has 2 heterocycles. The van der Waals surface area contributed by atoms with Gasteiger partial charge in [0.05, 0.1) is 11.0 Å². The first-order valence-corrected chi connectivity index (χ1v) is 12.5. The van der Waals surface area contributed by atoms with Crippen molar-refractivity contribution in [1.29, 1.82) is 0 Å². The number of carbonyl (C=O) groups excluding carboxylic acids is 1. The van der Waals surface area contributed by atoms with Crippen LogP contribution in [0, 0.1) is 6.92 Å². The van der Waals surface area contributed by atoms with Gasteiger partial charge in [-0.1, -0.05) is 30.3 Å². The van der Waals surface area contributed by atoms with Gasteiger partial charge in [0.2, 0.25) is 0 Å². The first-order valence-electron chi connectivity index (χ1n) is 12.5. The fraction of sp³-hybridized carbons (Fsp3) is 0.310. The second-order valence-electron chi connectivity index (χ2n) is 9.36. The molecule has 7 nitrogen and oxygen atoms in total. The monoisotopic (exact) mass is 483 g/mol. The number of amides is 1. The predicted molar refractivity (Wildman–Crippen MR) is 145 cm³/mol. The Morgan fingerprint density at radius 1 is 0.972 bits per heavy atom. The van der Waals surface area contributed by atoms with E-state index in [1.165, 1.54) is 5.69 Å². The number of rotatable bonds is 8. The summed E-state index contributed by atoms with van der Waals surface area (Å²) in [5.74, 6) is 1.56. The zero-order chi connectivity index (χ0) is 24.9. The van der Waals surface area contributed by atoms with Gasteiger partial charge < -0.3 is 19.5 Å². The fourth-order valence-electron chi connectivity index (χ4n) is 4.73. The Hall–Kier alpha value is -3.84. The standard InChI is InChI=1S/C29H33N5O2/c1-22-7-6-10-25(19-22)36-21-29(35)30-23-11-12-27-26(20-23)31-28(32(27)2)13-14-33-15-17-34(18-16-33)24-8-4-3-5-9-24/h3-12,19-20H,13-18,21H2,1-2H3,(H,30,35). The van der Waals surface area contributed by atoms with Gasteiger partial charge in [-0.05, 0) is 55.0 Å². The third-order valence-corrected chi connectivity index (χ3v) is 6.76. The number of benzene rings is 3. The molecule has 0 radical (unpaired) electrons. The van der Waals surface area contributed by atoms with Crippen LogP contribution in [0.1, 0.15) is 11.4 Å². The second kappa shape index (κ2) is 10.8. The van der Waals surface area contributed by atoms with E-state index in [2.05, 4.69) is 57.1 Å². The van der Waals surface area contributed by atoms with Crippen LogP contribution in [0.3, 0.4) is 0 Å². The van der Waals surface area contributed by atoms with E-state index in [1.54, 1.807) is 0 Å². The number of para-hydroxylation sites is 1. The van der Waals surface area contributed by atoms with Crippen LogP contribution >= 0.6 is 0 Å². The minimum atomic E-state index is -0.193. The quantitative estimate of drug-likeness (QED) is 0.406. The molecule has 1 fully saturated rings. The molecular weight excluding hydrogens is 450 g/mol. The lowest BCUT2D eigenvalue weighted by Crippen LogP contribution is -2.47. The van der Waals surface area contributed by atoms with E-state index in [0.29, 0.717) is 5.75 Å². The number of hydrogen-bond acceptors (Lipinski definition) is 5. The van der Waals surface area contributed by atoms with Crippen molar-refractivity contribution >= 4 is 28.3 Å². The molecule has 0 saturated carbocycles. The van der Waals surface area contributed by atoms with Crippen LogP contribution in [-0.4, -0.2) is 59.7 Å². The summed E-state index contributed by atoms with van der Waals surface area (Å²) < 4.78 is 7.77. The van der Waals surface area contributed by atoms with E-state index in [0.717, 1.165) is 67.3 Å². The number of carbonyl (C=O) groups is 1. The van der Waals surface area contributed by atoms with Crippen LogP contribution in [-0.2, 0) is 18.3 Å². The molecule has 7 heteroatoms. The largest absolute Gasteiger partial charge is 0.484 e. The van der Waals surface area contributed by atoms with Crippen LogP contribution in [0.5, 0.6) is 5.75 Å². The lowest BCUT2D eigenvalue weighted by molar-refractivity contribution is -0.118. The van der Waals surface area contributed by atoms with E-state index in [9.17, 15) is 4.79 Å². The Bertz CT molecular complexity index is 1330. The molecule has 0 spiro atoms. The number of nitrogens with zero attached hydrogens (tertiary/aromatic N) is 4. The molecule has 1 aromatic heterocycles. The number of piperazine rings is 1. The molecule has 0 unspecified atom stereocenters. The van der Waals surface area contributed by atoms with Crippen LogP contribution < -0.4 is 15.0 Å². The van der Waals surface area contributed by atoms with E-state index in [1.807, 2.05) is 49.4 Å². The Kier molecular flexibility index (Phi) is 7.18. The van der Waals surface area contributed by atoms with Gasteiger partial charge in [-0.25, -0.2) is 4.98 Å². The van der Waals surface area contributed by atoms with Crippen molar-refractivity contribution in [3.63, 3.8) is 0 Å². The van der Waals surface area contributed by atoms with Crippen molar-refractivity contribution in [2.45, 2.75) is 13.3 Å². The Morgan fingerprint density at radius 2 is 1.78 bits per heavy atom. The van der Waals surface area contributed by atoms with Gasteiger partial charge in [0, 0.05) is 57.6 Å². The summed E-state index contributed by atoms with van der Waals surface area (Å²) in [6, 6.07) is 24.2. The van der Waals surface area contributed by atoms with E-state index in [-0.39, 0.29) is 12.5 Å². The highest BCUT2D eigenvalue weighted by Crippen LogP contribution is 2.21. The van der Waals surface area contributed by atoms with E-state index in [4.69, 9.17) is 9.72 Å². The molecule has 1 saturated heterocycles. The first-order chi connectivity index (χ1) is 17.5. The van der Waals surface area contributed by atoms with E-state index < -0.39 is 0 Å². The predicted octanol–water partition coefficient (Wildman–Crippen LogP) is 4.26. The van der Waals surface area contributed by atoms with Gasteiger partial charge in [0.25, 0.3) is 5.91 Å². The van der Waals surface area contributed by atoms with Gasteiger partial charge in [0.1, 0.15) is 11.6 Å². The van der Waals surface area contributed by atoms with Gasteiger partial charge in [-0.15, -0.1) is 0 Å². The molecule has 0 bridgehead atoms. The molecule has 3 aromatic carbocycles. The molecule has 0 aliphatic carbocycles. The molecular formula is C29H33N5O2. The van der Waals surface area contributed by atoms with Crippen LogP contribution in [0.25, 0.3) is 11.0 Å². The maximum atomic E-state index is 12.4. The number of nitrogens with one attached hydrogen (secondary N) is 1. The average molecular weight is 484 g/mol. The SMILES string of the molecule is Cc1cccc(OCC(=O)Nc2ccc3c(c2)nc(CCN2CCN(c4ccccc4)CC2)n3C)c1. The fourth-order valence-corrected chi connectivity index (χ4v) is 4.73. The second-order valence-corrected chi connectivity index (χ2v) is 9.36. The van der Waals surface area contributed by atoms with Crippen LogP contribution in [0.15, 0.2) is 72.8 Å². The number of aryl methyl sites for hydroxylation is 2. The highest BCUT2D eigenvalue weighted by atomic mass is 16.5. The number of hydrogen-bond donors (Lipinski definition) is 1. The molecule has 1 aliphatic heterocycles. The van der Waals surface area contributed by atoms with Crippen molar-refractivity contribution in [3.8, 4) is 5.75 Å². The summed E-state index contributed by atoms with van der Waals surface area (Å²) >= 11 is 0. The van der Waals surface area contributed by atoms with Crippen LogP contribution in [0.2, 0.25) is 0 Å². The molecule has 0 atom stereocenters. The summed E-state index contributed by atoms with van der Waals surface area (Å²) in [7, 11) is 2.06. The topological polar surface area (TPSA) is 62.6 Å². The lowest BCUT2D eigenvalue weighted by Gasteiger charge is -2.36. The first kappa shape index (κ1) is 23.9. The summed E-state index contributed by atoms with van der Waals surface area (Å²) in [6.45, 7) is 7.15. The van der Waals surface area contributed by atoms with Crippen molar-refractivity contribution in [3.05, 3.63) is 84.2 Å². The summed E-state index contributed by atoms with van der Waals surface area (Å²) in [5.41, 5.74) is 5.07. The maximum absolute atomic E-state index is 12.4. The normalized spacial score (nSPS) is 14.2. The average Bonchev–Trinajstić information content (AvgIpc) is 3.21. The smallest absolute Gasteiger partial charge is 0.262 e. The van der Waals surface area contributed by atoms with Crippen molar-refractivity contribution < 1.29 is 9.53 Å². The number of fused-ring (bicyclic) bond motifs is 1. The number of imidazole rings is 1. The van der Waals surface area contributed by atoms with Crippen molar-refractivity contribution in [2.75, 3.05) is 49.5 Å². The highest BCUT2D eigenvalue weighted by molar-refractivity contribution is 5.94. The lowest BCUT2D eigenvalue weighted by atomic mass is 10.2. The molecule has 36 heavy (non-hydrogen) atoms. The molecule has 1 N–H and O–H groups in total. The zero-order valence-corrected chi connectivity index (χ0v) is 21.0. The molecule has 186 valence electrons. The van der Waals surface area contributed by atoms with Gasteiger partial charge in [0.15, 0.2) is 6.61 Å². The molecule has 4 aromatic rings. The molecule has 5 rings (SSSR count). The van der Waals surface area contributed by atoms with Crippen LogP contribution in [0.4, 0.5) is 11.4 Å². The Labute approximate surface area is 212 Å². The zero-order valence-electron chi connectivity index (χ0n) is 21.0.